The fraction of sp³-hybridized carbons (Fsp3) is 0.692. The van der Waals surface area contributed by atoms with Crippen molar-refractivity contribution in [3.05, 3.63) is 23.6 Å². The fourth-order valence-corrected chi connectivity index (χ4v) is 6.27. The van der Waals surface area contributed by atoms with Crippen LogP contribution in [0.3, 0.4) is 0 Å². The highest BCUT2D eigenvalue weighted by molar-refractivity contribution is 6.03. The lowest BCUT2D eigenvalue weighted by molar-refractivity contribution is -0.135. The van der Waals surface area contributed by atoms with Gasteiger partial charge in [0.2, 0.25) is 5.91 Å². The van der Waals surface area contributed by atoms with Crippen LogP contribution in [0.25, 0.3) is 11.1 Å². The van der Waals surface area contributed by atoms with Gasteiger partial charge >= 0.3 is 0 Å². The van der Waals surface area contributed by atoms with Gasteiger partial charge in [-0.1, -0.05) is 51.4 Å². The number of nitrogens with zero attached hydrogens (tertiary/aromatic N) is 2. The number of furan rings is 1. The lowest BCUT2D eigenvalue weighted by Gasteiger charge is -2.49. The molecule has 2 fully saturated rings. The topological polar surface area (TPSA) is 67.5 Å². The summed E-state index contributed by atoms with van der Waals surface area (Å²) in [6, 6.07) is 4.19. The summed E-state index contributed by atoms with van der Waals surface area (Å²) in [5.74, 6) is 0.811. The summed E-state index contributed by atoms with van der Waals surface area (Å²) < 4.78 is 7.85. The maximum Gasteiger partial charge on any atom is 0.271 e. The molecule has 3 heterocycles. The molecule has 0 aromatic carbocycles. The van der Waals surface area contributed by atoms with Crippen LogP contribution < -0.4 is 5.32 Å². The van der Waals surface area contributed by atoms with E-state index in [0.717, 1.165) is 55.4 Å². The summed E-state index contributed by atoms with van der Waals surface area (Å²) in [6.07, 6.45) is 13.6. The van der Waals surface area contributed by atoms with E-state index in [1.54, 1.807) is 0 Å². The van der Waals surface area contributed by atoms with E-state index in [9.17, 15) is 9.59 Å². The van der Waals surface area contributed by atoms with Gasteiger partial charge in [-0.25, -0.2) is 0 Å². The molecule has 32 heavy (non-hydrogen) atoms. The predicted octanol–water partition coefficient (Wildman–Crippen LogP) is 5.32. The third-order valence-electron chi connectivity index (χ3n) is 8.02. The van der Waals surface area contributed by atoms with Crippen molar-refractivity contribution in [3.63, 3.8) is 0 Å². The molecule has 2 saturated carbocycles. The predicted molar refractivity (Wildman–Crippen MR) is 125 cm³/mol. The van der Waals surface area contributed by atoms with Gasteiger partial charge in [0.15, 0.2) is 5.58 Å². The van der Waals surface area contributed by atoms with Crippen LogP contribution in [0.15, 0.2) is 16.5 Å². The Morgan fingerprint density at radius 2 is 1.62 bits per heavy atom. The van der Waals surface area contributed by atoms with E-state index in [2.05, 4.69) is 5.32 Å². The number of amides is 2. The number of rotatable bonds is 3. The highest BCUT2D eigenvalue weighted by Crippen LogP contribution is 2.38. The third-order valence-corrected chi connectivity index (χ3v) is 8.02. The van der Waals surface area contributed by atoms with E-state index in [1.807, 2.05) is 35.4 Å². The van der Waals surface area contributed by atoms with Crippen molar-refractivity contribution >= 4 is 22.9 Å². The standard InChI is InChI=1S/C26H37N3O3/c1-18-15-21-23(32-18)16-22-24(30)29(20-13-9-6-10-14-20)26(2,17-28(21)22)25(31)27-19-11-7-4-3-5-8-12-19/h15-16,19-20H,3-14,17H2,1-2H3,(H,27,31). The van der Waals surface area contributed by atoms with E-state index in [0.29, 0.717) is 12.2 Å². The number of aryl methyl sites for hydroxylation is 1. The first-order valence-corrected chi connectivity index (χ1v) is 12.7. The number of carbonyl (C=O) groups excluding carboxylic acids is 2. The Bertz CT molecular complexity index is 992. The molecule has 0 saturated heterocycles. The van der Waals surface area contributed by atoms with Crippen molar-refractivity contribution in [2.75, 3.05) is 0 Å². The second kappa shape index (κ2) is 8.60. The smallest absolute Gasteiger partial charge is 0.271 e. The highest BCUT2D eigenvalue weighted by Gasteiger charge is 2.51. The van der Waals surface area contributed by atoms with E-state index in [-0.39, 0.29) is 23.9 Å². The van der Waals surface area contributed by atoms with Crippen molar-refractivity contribution in [1.29, 1.82) is 0 Å². The molecule has 0 spiro atoms. The molecule has 0 bridgehead atoms. The Hall–Kier alpha value is -2.24. The van der Waals surface area contributed by atoms with Crippen LogP contribution in [-0.2, 0) is 11.3 Å². The lowest BCUT2D eigenvalue weighted by Crippen LogP contribution is -2.67. The molecule has 2 aromatic heterocycles. The van der Waals surface area contributed by atoms with Gasteiger partial charge in [-0.3, -0.25) is 9.59 Å². The first kappa shape index (κ1) is 21.6. The summed E-state index contributed by atoms with van der Waals surface area (Å²) >= 11 is 0. The molecule has 174 valence electrons. The molecule has 6 nitrogen and oxygen atoms in total. The molecule has 6 heteroatoms. The Labute approximate surface area is 190 Å². The second-order valence-corrected chi connectivity index (χ2v) is 10.5. The number of nitrogens with one attached hydrogen (secondary N) is 1. The van der Waals surface area contributed by atoms with Crippen molar-refractivity contribution in [2.24, 2.45) is 0 Å². The van der Waals surface area contributed by atoms with Crippen molar-refractivity contribution in [3.8, 4) is 0 Å². The molecule has 1 N–H and O–H groups in total. The molecule has 2 amide bonds. The van der Waals surface area contributed by atoms with Crippen LogP contribution in [0.2, 0.25) is 0 Å². The van der Waals surface area contributed by atoms with Crippen LogP contribution in [0.4, 0.5) is 0 Å². The Morgan fingerprint density at radius 3 is 2.34 bits per heavy atom. The molecule has 5 rings (SSSR count). The Balaban J connectivity index is 1.50. The van der Waals surface area contributed by atoms with Crippen molar-refractivity contribution in [2.45, 2.75) is 115 Å². The van der Waals surface area contributed by atoms with Gasteiger partial charge in [0.1, 0.15) is 17.0 Å². The highest BCUT2D eigenvalue weighted by atomic mass is 16.3. The summed E-state index contributed by atoms with van der Waals surface area (Å²) in [5.41, 5.74) is 1.41. The normalized spacial score (nSPS) is 26.1. The monoisotopic (exact) mass is 439 g/mol. The van der Waals surface area contributed by atoms with E-state index < -0.39 is 5.54 Å². The molecule has 1 aliphatic heterocycles. The van der Waals surface area contributed by atoms with Gasteiger partial charge in [0.25, 0.3) is 5.91 Å². The number of carbonyl (C=O) groups is 2. The maximum atomic E-state index is 13.9. The van der Waals surface area contributed by atoms with Crippen LogP contribution >= 0.6 is 0 Å². The lowest BCUT2D eigenvalue weighted by atomic mass is 9.86. The molecule has 0 radical (unpaired) electrons. The van der Waals surface area contributed by atoms with Crippen molar-refractivity contribution in [1.82, 2.24) is 14.8 Å². The van der Waals surface area contributed by atoms with Crippen molar-refractivity contribution < 1.29 is 14.0 Å². The Morgan fingerprint density at radius 1 is 1.00 bits per heavy atom. The fourth-order valence-electron chi connectivity index (χ4n) is 6.27. The average Bonchev–Trinajstić information content (AvgIpc) is 3.27. The first-order chi connectivity index (χ1) is 15.5. The summed E-state index contributed by atoms with van der Waals surface area (Å²) in [5, 5.41) is 3.39. The van der Waals surface area contributed by atoms with Crippen LogP contribution in [0, 0.1) is 6.92 Å². The number of hydrogen-bond acceptors (Lipinski definition) is 3. The molecule has 2 aromatic rings. The number of fused-ring (bicyclic) bond motifs is 3. The number of aromatic nitrogens is 1. The molecular weight excluding hydrogens is 402 g/mol. The van der Waals surface area contributed by atoms with E-state index >= 15 is 0 Å². The number of hydrogen-bond donors (Lipinski definition) is 1. The van der Waals surface area contributed by atoms with Gasteiger partial charge < -0.3 is 19.2 Å². The van der Waals surface area contributed by atoms with E-state index in [4.69, 9.17) is 4.42 Å². The third kappa shape index (κ3) is 3.75. The molecule has 3 aliphatic rings. The quantitative estimate of drug-likeness (QED) is 0.704. The van der Waals surface area contributed by atoms with Gasteiger partial charge in [-0.2, -0.15) is 0 Å². The molecular formula is C26H37N3O3. The van der Waals surface area contributed by atoms with E-state index in [1.165, 1.54) is 38.5 Å². The minimum Gasteiger partial charge on any atom is -0.460 e. The zero-order valence-electron chi connectivity index (χ0n) is 19.6. The SMILES string of the molecule is Cc1cc2c(cc3n2CC(C)(C(=O)NC2CCCCCCC2)N(C2CCCCC2)C3=O)o1. The van der Waals surface area contributed by atoms with Crippen LogP contribution in [0.1, 0.15) is 100 Å². The van der Waals surface area contributed by atoms with Gasteiger partial charge in [0.05, 0.1) is 12.1 Å². The Kier molecular flexibility index (Phi) is 5.81. The van der Waals surface area contributed by atoms with Gasteiger partial charge in [-0.15, -0.1) is 0 Å². The maximum absolute atomic E-state index is 13.9. The van der Waals surface area contributed by atoms with Crippen LogP contribution in [-0.4, -0.2) is 38.9 Å². The minimum absolute atomic E-state index is 0.00899. The molecule has 1 unspecified atom stereocenters. The van der Waals surface area contributed by atoms with Gasteiger partial charge in [0, 0.05) is 24.2 Å². The second-order valence-electron chi connectivity index (χ2n) is 10.5. The summed E-state index contributed by atoms with van der Waals surface area (Å²) in [4.78, 5) is 29.7. The summed E-state index contributed by atoms with van der Waals surface area (Å²) in [7, 11) is 0. The molecule has 2 aliphatic carbocycles. The zero-order valence-corrected chi connectivity index (χ0v) is 19.6. The van der Waals surface area contributed by atoms with Gasteiger partial charge in [-0.05, 0) is 39.5 Å². The minimum atomic E-state index is -0.897. The largest absolute Gasteiger partial charge is 0.460 e. The average molecular weight is 440 g/mol. The van der Waals surface area contributed by atoms with Crippen LogP contribution in [0.5, 0.6) is 0 Å². The first-order valence-electron chi connectivity index (χ1n) is 12.7. The zero-order chi connectivity index (χ0) is 22.3. The summed E-state index contributed by atoms with van der Waals surface area (Å²) in [6.45, 7) is 4.39. The molecule has 1 atom stereocenters.